The van der Waals surface area contributed by atoms with Crippen molar-refractivity contribution < 1.29 is 34.1 Å². The molecular formula is C22H28FNO7. The van der Waals surface area contributed by atoms with E-state index in [0.717, 1.165) is 0 Å². The predicted octanol–water partition coefficient (Wildman–Crippen LogP) is 2.11. The molecule has 0 heterocycles. The second kappa shape index (κ2) is 6.68. The number of rotatable bonds is 4. The largest absolute Gasteiger partial charge is 0.390 e. The maximum Gasteiger partial charge on any atom is 0.295 e. The van der Waals surface area contributed by atoms with E-state index in [2.05, 4.69) is 0 Å². The van der Waals surface area contributed by atoms with Crippen LogP contribution >= 0.6 is 0 Å². The molecule has 0 unspecified atom stereocenters. The van der Waals surface area contributed by atoms with Crippen LogP contribution in [0.4, 0.5) is 4.39 Å². The number of nitrogens with zero attached hydrogens (tertiary/aromatic N) is 1. The highest BCUT2D eigenvalue weighted by Crippen LogP contribution is 2.71. The van der Waals surface area contributed by atoms with Crippen LogP contribution in [-0.4, -0.2) is 50.8 Å². The van der Waals surface area contributed by atoms with Crippen molar-refractivity contribution in [3.05, 3.63) is 33.9 Å². The number of ketones is 2. The first kappa shape index (κ1) is 22.1. The van der Waals surface area contributed by atoms with Gasteiger partial charge < -0.3 is 10.2 Å². The number of aliphatic hydroxyl groups is 2. The zero-order valence-electron chi connectivity index (χ0n) is 17.8. The number of fused-ring (bicyclic) bond motifs is 5. The molecule has 3 saturated carbocycles. The third-order valence-corrected chi connectivity index (χ3v) is 8.96. The first-order valence-electron chi connectivity index (χ1n) is 10.7. The molecule has 0 radical (unpaired) electrons. The number of carbonyl (C=O) groups excluding carboxylic acids is 2. The monoisotopic (exact) mass is 437 g/mol. The van der Waals surface area contributed by atoms with Gasteiger partial charge in [-0.3, -0.25) is 14.4 Å². The molecule has 0 aromatic heterocycles. The van der Waals surface area contributed by atoms with Gasteiger partial charge in [-0.1, -0.05) is 25.5 Å². The fourth-order valence-electron chi connectivity index (χ4n) is 7.60. The maximum absolute atomic E-state index is 17.0. The van der Waals surface area contributed by atoms with E-state index in [4.69, 9.17) is 4.84 Å². The van der Waals surface area contributed by atoms with Crippen molar-refractivity contribution in [1.29, 1.82) is 0 Å². The van der Waals surface area contributed by atoms with E-state index in [-0.39, 0.29) is 18.6 Å². The highest BCUT2D eigenvalue weighted by Gasteiger charge is 2.77. The van der Waals surface area contributed by atoms with Crippen LogP contribution in [0.15, 0.2) is 23.8 Å². The van der Waals surface area contributed by atoms with Crippen molar-refractivity contribution in [2.24, 2.45) is 28.6 Å². The van der Waals surface area contributed by atoms with E-state index in [1.54, 1.807) is 20.8 Å². The lowest BCUT2D eigenvalue weighted by molar-refractivity contribution is -0.782. The summed E-state index contributed by atoms with van der Waals surface area (Å²) in [5.74, 6) is -2.89. The molecule has 4 rings (SSSR count). The molecule has 0 aromatic carbocycles. The Morgan fingerprint density at radius 3 is 2.68 bits per heavy atom. The van der Waals surface area contributed by atoms with Crippen molar-refractivity contribution in [3.63, 3.8) is 0 Å². The Labute approximate surface area is 179 Å². The van der Waals surface area contributed by atoms with E-state index in [9.17, 15) is 29.9 Å². The Hall–Kier alpha value is -2.13. The van der Waals surface area contributed by atoms with Gasteiger partial charge in [0.15, 0.2) is 22.8 Å². The Morgan fingerprint density at radius 1 is 1.39 bits per heavy atom. The number of aliphatic hydroxyl groups excluding tert-OH is 2. The topological polar surface area (TPSA) is 127 Å². The van der Waals surface area contributed by atoms with Gasteiger partial charge in [0.2, 0.25) is 0 Å². The fraction of sp³-hybridized carbons (Fsp3) is 0.727. The molecule has 8 atom stereocenters. The molecule has 4 aliphatic carbocycles. The molecule has 4 aliphatic rings. The van der Waals surface area contributed by atoms with E-state index in [1.807, 2.05) is 0 Å². The van der Waals surface area contributed by atoms with E-state index >= 15 is 4.39 Å². The average molecular weight is 437 g/mol. The van der Waals surface area contributed by atoms with Crippen LogP contribution in [-0.2, 0) is 14.4 Å². The van der Waals surface area contributed by atoms with Gasteiger partial charge in [0.25, 0.3) is 5.09 Å². The van der Waals surface area contributed by atoms with Crippen molar-refractivity contribution in [2.45, 2.75) is 63.8 Å². The standard InChI is InChI=1S/C22H28FNO7/c1-12-8-16-15-5-4-13-9-14(26)6-7-19(13,2)21(15,23)17(27)10-20(16,3)22(12,18(28)11-25)31-24(29)30/h6-7,9,12,15-17,25,27H,4-5,8,10-11H2,1-3H3/t12-,15+,16+,17+,19+,20+,21+,22+/m1/s1. The van der Waals surface area contributed by atoms with Crippen molar-refractivity contribution in [3.8, 4) is 0 Å². The first-order chi connectivity index (χ1) is 14.4. The number of carbonyl (C=O) groups is 2. The summed E-state index contributed by atoms with van der Waals surface area (Å²) in [5.41, 5.74) is -5.88. The highest BCUT2D eigenvalue weighted by atomic mass is 19.1. The minimum atomic E-state index is -2.11. The Bertz CT molecular complexity index is 918. The number of hydrogen-bond acceptors (Lipinski definition) is 7. The highest BCUT2D eigenvalue weighted by molar-refractivity contribution is 6.01. The maximum atomic E-state index is 17.0. The number of allylic oxidation sites excluding steroid dienone is 4. The molecule has 170 valence electrons. The third kappa shape index (κ3) is 2.47. The quantitative estimate of drug-likeness (QED) is 0.509. The van der Waals surface area contributed by atoms with Crippen LogP contribution in [0.3, 0.4) is 0 Å². The predicted molar refractivity (Wildman–Crippen MR) is 106 cm³/mol. The van der Waals surface area contributed by atoms with Crippen LogP contribution in [0.5, 0.6) is 0 Å². The minimum Gasteiger partial charge on any atom is -0.390 e. The zero-order valence-corrected chi connectivity index (χ0v) is 17.8. The van der Waals surface area contributed by atoms with Crippen LogP contribution in [0.2, 0.25) is 0 Å². The van der Waals surface area contributed by atoms with E-state index < -0.39 is 63.4 Å². The van der Waals surface area contributed by atoms with Gasteiger partial charge in [-0.25, -0.2) is 4.39 Å². The second-order valence-corrected chi connectivity index (χ2v) is 10.0. The summed E-state index contributed by atoms with van der Waals surface area (Å²) in [7, 11) is 0. The van der Waals surface area contributed by atoms with Crippen LogP contribution in [0.25, 0.3) is 0 Å². The summed E-state index contributed by atoms with van der Waals surface area (Å²) in [6.45, 7) is 4.01. The Balaban J connectivity index is 1.86. The smallest absolute Gasteiger partial charge is 0.295 e. The summed E-state index contributed by atoms with van der Waals surface area (Å²) >= 11 is 0. The zero-order chi connectivity index (χ0) is 23.0. The summed E-state index contributed by atoms with van der Waals surface area (Å²) in [6.07, 6.45) is 3.58. The molecule has 9 heteroatoms. The molecule has 0 aliphatic heterocycles. The van der Waals surface area contributed by atoms with Crippen LogP contribution in [0, 0.1) is 38.7 Å². The molecule has 31 heavy (non-hydrogen) atoms. The van der Waals surface area contributed by atoms with Crippen molar-refractivity contribution >= 4 is 11.6 Å². The van der Waals surface area contributed by atoms with Gasteiger partial charge in [-0.05, 0) is 56.6 Å². The lowest BCUT2D eigenvalue weighted by atomic mass is 9.44. The first-order valence-corrected chi connectivity index (χ1v) is 10.7. The lowest BCUT2D eigenvalue weighted by Crippen LogP contribution is -2.70. The Kier molecular flexibility index (Phi) is 4.76. The summed E-state index contributed by atoms with van der Waals surface area (Å²) in [5, 5.41) is 31.2. The van der Waals surface area contributed by atoms with Crippen LogP contribution < -0.4 is 0 Å². The van der Waals surface area contributed by atoms with Gasteiger partial charge in [0.05, 0.1) is 6.10 Å². The summed E-state index contributed by atoms with van der Waals surface area (Å²) < 4.78 is 17.0. The van der Waals surface area contributed by atoms with Gasteiger partial charge in [0, 0.05) is 16.7 Å². The van der Waals surface area contributed by atoms with Gasteiger partial charge in [-0.2, -0.15) is 0 Å². The van der Waals surface area contributed by atoms with Gasteiger partial charge in [-0.15, -0.1) is 10.1 Å². The van der Waals surface area contributed by atoms with Crippen molar-refractivity contribution in [2.75, 3.05) is 6.61 Å². The van der Waals surface area contributed by atoms with E-state index in [1.165, 1.54) is 18.2 Å². The van der Waals surface area contributed by atoms with Crippen molar-refractivity contribution in [1.82, 2.24) is 0 Å². The van der Waals surface area contributed by atoms with Gasteiger partial charge >= 0.3 is 0 Å². The normalized spacial score (nSPS) is 48.3. The molecule has 0 bridgehead atoms. The second-order valence-electron chi connectivity index (χ2n) is 10.0. The van der Waals surface area contributed by atoms with Gasteiger partial charge in [0.1, 0.15) is 6.61 Å². The lowest BCUT2D eigenvalue weighted by Gasteiger charge is -2.62. The molecule has 0 saturated heterocycles. The number of Topliss-reactive ketones (excluding diaryl/α,β-unsaturated/α-hetero) is 1. The average Bonchev–Trinajstić information content (AvgIpc) is 2.90. The minimum absolute atomic E-state index is 0.217. The third-order valence-electron chi connectivity index (χ3n) is 8.96. The molecule has 3 fully saturated rings. The number of hydrogen-bond donors (Lipinski definition) is 2. The molecule has 2 N–H and O–H groups in total. The SMILES string of the molecule is C[C@@H]1C[C@H]2[C@@H]3CCC4=CC(=O)C=C[C@]4(C)[C@@]3(F)[C@@H](O)C[C@]2(C)[C@@]1(O[N+](=O)[O-])C(=O)CO. The fourth-order valence-corrected chi connectivity index (χ4v) is 7.60. The molecule has 0 spiro atoms. The number of alkyl halides is 1. The Morgan fingerprint density at radius 2 is 2.06 bits per heavy atom. The van der Waals surface area contributed by atoms with Crippen LogP contribution in [0.1, 0.15) is 46.5 Å². The summed E-state index contributed by atoms with van der Waals surface area (Å²) in [6, 6.07) is 0. The molecular weight excluding hydrogens is 409 g/mol. The molecule has 0 aromatic rings. The summed E-state index contributed by atoms with van der Waals surface area (Å²) in [4.78, 5) is 41.2. The molecule has 0 amide bonds. The number of halogens is 1. The molecule has 8 nitrogen and oxygen atoms in total. The van der Waals surface area contributed by atoms with E-state index in [0.29, 0.717) is 18.4 Å².